The number of nitrogens with one attached hydrogen (secondary N) is 2. The first-order valence-corrected chi connectivity index (χ1v) is 9.74. The van der Waals surface area contributed by atoms with E-state index in [1.165, 1.54) is 18.2 Å². The Morgan fingerprint density at radius 1 is 0.968 bits per heavy atom. The van der Waals surface area contributed by atoms with E-state index >= 15 is 0 Å². The molecule has 1 amide bonds. The van der Waals surface area contributed by atoms with E-state index in [1.54, 1.807) is 31.2 Å². The molecule has 0 aromatic heterocycles. The summed E-state index contributed by atoms with van der Waals surface area (Å²) in [4.78, 5) is 24.8. The van der Waals surface area contributed by atoms with Crippen molar-refractivity contribution in [1.29, 1.82) is 0 Å². The third kappa shape index (κ3) is 5.45. The lowest BCUT2D eigenvalue weighted by Crippen LogP contribution is -2.14. The molecule has 0 saturated heterocycles. The molecular formula is C23H19ClF2N2O3. The highest BCUT2D eigenvalue weighted by atomic mass is 35.5. The van der Waals surface area contributed by atoms with Crippen LogP contribution in [0.4, 0.5) is 25.8 Å². The molecule has 0 aliphatic carbocycles. The van der Waals surface area contributed by atoms with Crippen LogP contribution in [0.2, 0.25) is 5.02 Å². The van der Waals surface area contributed by atoms with Crippen LogP contribution < -0.4 is 10.6 Å². The van der Waals surface area contributed by atoms with Crippen LogP contribution in [0.5, 0.6) is 0 Å². The van der Waals surface area contributed by atoms with Crippen molar-refractivity contribution in [2.75, 3.05) is 17.2 Å². The number of hydrogen-bond acceptors (Lipinski definition) is 4. The van der Waals surface area contributed by atoms with Gasteiger partial charge in [-0.15, -0.1) is 0 Å². The van der Waals surface area contributed by atoms with Crippen LogP contribution >= 0.6 is 11.6 Å². The van der Waals surface area contributed by atoms with Crippen molar-refractivity contribution in [3.05, 3.63) is 87.9 Å². The minimum atomic E-state index is -0.757. The average molecular weight is 445 g/mol. The normalized spacial score (nSPS) is 10.6. The number of carbonyl (C=O) groups excluding carboxylic acids is 2. The summed E-state index contributed by atoms with van der Waals surface area (Å²) >= 11 is 6.31. The Bertz CT molecular complexity index is 1150. The fourth-order valence-corrected chi connectivity index (χ4v) is 3.20. The van der Waals surface area contributed by atoms with E-state index in [9.17, 15) is 18.4 Å². The Kier molecular flexibility index (Phi) is 6.99. The molecule has 0 bridgehead atoms. The van der Waals surface area contributed by atoms with E-state index in [0.29, 0.717) is 22.5 Å². The number of aliphatic hydroxyl groups excluding tert-OH is 1. The first kappa shape index (κ1) is 22.4. The van der Waals surface area contributed by atoms with Gasteiger partial charge in [0.05, 0.1) is 23.7 Å². The minimum absolute atomic E-state index is 0.0495. The Morgan fingerprint density at radius 3 is 2.39 bits per heavy atom. The van der Waals surface area contributed by atoms with Gasteiger partial charge in [0.2, 0.25) is 5.91 Å². The number of amides is 1. The summed E-state index contributed by atoms with van der Waals surface area (Å²) in [7, 11) is 0. The molecule has 3 aromatic carbocycles. The van der Waals surface area contributed by atoms with Crippen molar-refractivity contribution in [2.45, 2.75) is 13.3 Å². The minimum Gasteiger partial charge on any atom is -0.396 e. The number of benzene rings is 3. The molecule has 0 heterocycles. The lowest BCUT2D eigenvalue weighted by Gasteiger charge is -2.12. The van der Waals surface area contributed by atoms with E-state index < -0.39 is 11.6 Å². The Morgan fingerprint density at radius 2 is 1.71 bits per heavy atom. The zero-order valence-corrected chi connectivity index (χ0v) is 17.3. The number of halogens is 3. The van der Waals surface area contributed by atoms with Gasteiger partial charge in [0.1, 0.15) is 11.6 Å². The molecule has 3 N–H and O–H groups in total. The van der Waals surface area contributed by atoms with Gasteiger partial charge < -0.3 is 15.7 Å². The monoisotopic (exact) mass is 444 g/mol. The van der Waals surface area contributed by atoms with E-state index in [-0.39, 0.29) is 41.0 Å². The average Bonchev–Trinajstić information content (AvgIpc) is 2.71. The maximum absolute atomic E-state index is 13.9. The summed E-state index contributed by atoms with van der Waals surface area (Å²) in [5.74, 6) is -2.16. The van der Waals surface area contributed by atoms with Gasteiger partial charge in [-0.25, -0.2) is 8.78 Å². The van der Waals surface area contributed by atoms with Gasteiger partial charge in [-0.1, -0.05) is 17.7 Å². The number of anilines is 3. The van der Waals surface area contributed by atoms with Crippen LogP contribution in [0.15, 0.2) is 54.6 Å². The molecule has 3 rings (SSSR count). The van der Waals surface area contributed by atoms with Crippen LogP contribution in [-0.4, -0.2) is 23.4 Å². The number of aryl methyl sites for hydroxylation is 1. The van der Waals surface area contributed by atoms with Crippen molar-refractivity contribution in [3.8, 4) is 0 Å². The number of carbonyl (C=O) groups is 2. The molecular weight excluding hydrogens is 426 g/mol. The molecule has 0 aliphatic heterocycles. The summed E-state index contributed by atoms with van der Waals surface area (Å²) in [6.07, 6.45) is -0.0495. The van der Waals surface area contributed by atoms with E-state index in [1.807, 2.05) is 0 Å². The van der Waals surface area contributed by atoms with Crippen LogP contribution in [0.3, 0.4) is 0 Å². The van der Waals surface area contributed by atoms with Gasteiger partial charge in [0.15, 0.2) is 5.78 Å². The fraction of sp³-hybridized carbons (Fsp3) is 0.130. The summed E-state index contributed by atoms with van der Waals surface area (Å²) in [5, 5.41) is 14.4. The van der Waals surface area contributed by atoms with E-state index in [2.05, 4.69) is 10.6 Å². The second-order valence-electron chi connectivity index (χ2n) is 6.82. The number of rotatable bonds is 7. The predicted octanol–water partition coefficient (Wildman–Crippen LogP) is 5.22. The fourth-order valence-electron chi connectivity index (χ4n) is 2.94. The van der Waals surface area contributed by atoms with Crippen molar-refractivity contribution < 1.29 is 23.5 Å². The predicted molar refractivity (Wildman–Crippen MR) is 116 cm³/mol. The molecule has 31 heavy (non-hydrogen) atoms. The molecule has 0 saturated carbocycles. The third-order valence-electron chi connectivity index (χ3n) is 4.53. The van der Waals surface area contributed by atoms with E-state index in [4.69, 9.17) is 16.7 Å². The maximum atomic E-state index is 13.9. The highest BCUT2D eigenvalue weighted by molar-refractivity contribution is 6.35. The zero-order valence-electron chi connectivity index (χ0n) is 16.5. The first-order valence-electron chi connectivity index (χ1n) is 9.36. The zero-order chi connectivity index (χ0) is 22.5. The Balaban J connectivity index is 1.84. The second-order valence-corrected chi connectivity index (χ2v) is 7.23. The second kappa shape index (κ2) is 9.68. The largest absolute Gasteiger partial charge is 0.396 e. The lowest BCUT2D eigenvalue weighted by atomic mass is 9.98. The molecule has 0 atom stereocenters. The summed E-state index contributed by atoms with van der Waals surface area (Å²) in [5.41, 5.74) is 2.20. The van der Waals surface area contributed by atoms with Gasteiger partial charge in [-0.2, -0.15) is 0 Å². The quantitative estimate of drug-likeness (QED) is 0.436. The van der Waals surface area contributed by atoms with Gasteiger partial charge in [0, 0.05) is 28.6 Å². The molecule has 0 aliphatic rings. The summed E-state index contributed by atoms with van der Waals surface area (Å²) in [6.45, 7) is 1.48. The SMILES string of the molecule is Cc1ccc(NC(=O)CCO)cc1C(=O)c1ccc(Nc2ccc(F)cc2F)cc1Cl. The van der Waals surface area contributed by atoms with Gasteiger partial charge >= 0.3 is 0 Å². The van der Waals surface area contributed by atoms with Gasteiger partial charge in [-0.3, -0.25) is 9.59 Å². The molecule has 0 unspecified atom stereocenters. The summed E-state index contributed by atoms with van der Waals surface area (Å²) < 4.78 is 26.9. The lowest BCUT2D eigenvalue weighted by molar-refractivity contribution is -0.116. The topological polar surface area (TPSA) is 78.4 Å². The molecule has 0 spiro atoms. The smallest absolute Gasteiger partial charge is 0.226 e. The Labute approximate surface area is 182 Å². The van der Waals surface area contributed by atoms with Crippen LogP contribution in [0, 0.1) is 18.6 Å². The number of aliphatic hydroxyl groups is 1. The summed E-state index contributed by atoms with van der Waals surface area (Å²) in [6, 6.07) is 12.6. The standard InChI is InChI=1S/C23H19ClF2N2O3/c1-13-2-4-15(28-22(30)8-9-29)11-18(13)23(31)17-6-5-16(12-19(17)24)27-21-7-3-14(25)10-20(21)26/h2-7,10-12,27,29H,8-9H2,1H3,(H,28,30). The van der Waals surface area contributed by atoms with Crippen LogP contribution in [0.1, 0.15) is 27.9 Å². The van der Waals surface area contributed by atoms with Crippen molar-refractivity contribution in [2.24, 2.45) is 0 Å². The molecule has 0 radical (unpaired) electrons. The van der Waals surface area contributed by atoms with Crippen molar-refractivity contribution in [3.63, 3.8) is 0 Å². The molecule has 8 heteroatoms. The van der Waals surface area contributed by atoms with Crippen LogP contribution in [0.25, 0.3) is 0 Å². The van der Waals surface area contributed by atoms with Crippen molar-refractivity contribution in [1.82, 2.24) is 0 Å². The highest BCUT2D eigenvalue weighted by Crippen LogP contribution is 2.28. The van der Waals surface area contributed by atoms with Crippen molar-refractivity contribution >= 4 is 40.4 Å². The molecule has 0 fully saturated rings. The van der Waals surface area contributed by atoms with Crippen LogP contribution in [-0.2, 0) is 4.79 Å². The highest BCUT2D eigenvalue weighted by Gasteiger charge is 2.17. The van der Waals surface area contributed by atoms with Gasteiger partial charge in [-0.05, 0) is 55.0 Å². The number of ketones is 1. The first-order chi connectivity index (χ1) is 14.8. The molecule has 3 aromatic rings. The Hall–Kier alpha value is -3.29. The molecule has 160 valence electrons. The van der Waals surface area contributed by atoms with Gasteiger partial charge in [0.25, 0.3) is 0 Å². The maximum Gasteiger partial charge on any atom is 0.226 e. The number of hydrogen-bond donors (Lipinski definition) is 3. The van der Waals surface area contributed by atoms with E-state index in [0.717, 1.165) is 12.1 Å². The third-order valence-corrected chi connectivity index (χ3v) is 4.84. The molecule has 5 nitrogen and oxygen atoms in total.